The lowest BCUT2D eigenvalue weighted by Gasteiger charge is -2.32. The summed E-state index contributed by atoms with van der Waals surface area (Å²) in [5.41, 5.74) is 9.56. The topological polar surface area (TPSA) is 46.3 Å². The van der Waals surface area contributed by atoms with E-state index < -0.39 is 0 Å². The van der Waals surface area contributed by atoms with Gasteiger partial charge in [0.15, 0.2) is 0 Å². The van der Waals surface area contributed by atoms with Gasteiger partial charge in [-0.3, -0.25) is 4.79 Å². The predicted octanol–water partition coefficient (Wildman–Crippen LogP) is 2.80. The zero-order chi connectivity index (χ0) is 14.0. The van der Waals surface area contributed by atoms with Crippen LogP contribution in [0, 0.1) is 5.92 Å². The molecule has 0 saturated carbocycles. The van der Waals surface area contributed by atoms with E-state index in [2.05, 4.69) is 23.2 Å². The van der Waals surface area contributed by atoms with Crippen LogP contribution in [0.4, 0.5) is 0 Å². The van der Waals surface area contributed by atoms with E-state index in [9.17, 15) is 4.79 Å². The first-order chi connectivity index (χ1) is 9.00. The summed E-state index contributed by atoms with van der Waals surface area (Å²) in [4.78, 5) is 13.7. The molecule has 1 heterocycles. The summed E-state index contributed by atoms with van der Waals surface area (Å²) in [6, 6.07) is 10.2. The van der Waals surface area contributed by atoms with Gasteiger partial charge in [-0.25, -0.2) is 0 Å². The number of nitrogens with zero attached hydrogens (tertiary/aromatic N) is 1. The molecule has 0 spiro atoms. The summed E-state index contributed by atoms with van der Waals surface area (Å²) in [7, 11) is 0. The van der Waals surface area contributed by atoms with E-state index in [0.717, 1.165) is 23.4 Å². The molecule has 1 amide bonds. The Labute approximate surface area is 114 Å². The van der Waals surface area contributed by atoms with Crippen LogP contribution in [0.15, 0.2) is 53.4 Å². The zero-order valence-corrected chi connectivity index (χ0v) is 11.7. The maximum absolute atomic E-state index is 11.6. The molecule has 1 unspecified atom stereocenters. The van der Waals surface area contributed by atoms with Crippen molar-refractivity contribution < 1.29 is 4.79 Å². The standard InChI is InChI=1S/C16H20N2O/c1-11-9-18(10-14-7-5-4-6-8-14)13(3)15(12(11)2)16(17)19/h4-9,12H,10H2,1-3H3,(H2,17,19). The van der Waals surface area contributed by atoms with Crippen molar-refractivity contribution in [2.75, 3.05) is 0 Å². The summed E-state index contributed by atoms with van der Waals surface area (Å²) in [6.45, 7) is 6.78. The van der Waals surface area contributed by atoms with Crippen molar-refractivity contribution in [1.29, 1.82) is 0 Å². The van der Waals surface area contributed by atoms with Crippen molar-refractivity contribution in [2.24, 2.45) is 11.7 Å². The van der Waals surface area contributed by atoms with Gasteiger partial charge in [0.1, 0.15) is 0 Å². The minimum Gasteiger partial charge on any atom is -0.366 e. The third-order valence-corrected chi connectivity index (χ3v) is 3.76. The van der Waals surface area contributed by atoms with E-state index >= 15 is 0 Å². The van der Waals surface area contributed by atoms with Crippen LogP contribution in [0.2, 0.25) is 0 Å². The lowest BCUT2D eigenvalue weighted by molar-refractivity contribution is -0.115. The lowest BCUT2D eigenvalue weighted by Crippen LogP contribution is -2.30. The first-order valence-electron chi connectivity index (χ1n) is 6.50. The van der Waals surface area contributed by atoms with E-state index in [0.29, 0.717) is 0 Å². The molecule has 0 saturated heterocycles. The summed E-state index contributed by atoms with van der Waals surface area (Å²) < 4.78 is 0. The highest BCUT2D eigenvalue weighted by Gasteiger charge is 2.25. The summed E-state index contributed by atoms with van der Waals surface area (Å²) in [6.07, 6.45) is 2.11. The highest BCUT2D eigenvalue weighted by atomic mass is 16.1. The molecule has 0 fully saturated rings. The van der Waals surface area contributed by atoms with E-state index in [1.54, 1.807) is 0 Å². The van der Waals surface area contributed by atoms with Crippen LogP contribution in [-0.2, 0) is 11.3 Å². The van der Waals surface area contributed by atoms with E-state index in [1.807, 2.05) is 39.0 Å². The number of carbonyl (C=O) groups excluding carboxylic acids is 1. The van der Waals surface area contributed by atoms with Crippen molar-refractivity contribution >= 4 is 5.91 Å². The van der Waals surface area contributed by atoms with E-state index in [1.165, 1.54) is 5.56 Å². The number of rotatable bonds is 3. The Morgan fingerprint density at radius 2 is 1.89 bits per heavy atom. The number of amides is 1. The molecule has 0 aliphatic carbocycles. The van der Waals surface area contributed by atoms with Crippen molar-refractivity contribution in [3.8, 4) is 0 Å². The fourth-order valence-electron chi connectivity index (χ4n) is 2.49. The smallest absolute Gasteiger partial charge is 0.246 e. The van der Waals surface area contributed by atoms with Gasteiger partial charge in [0, 0.05) is 29.9 Å². The van der Waals surface area contributed by atoms with Gasteiger partial charge in [0.2, 0.25) is 5.91 Å². The van der Waals surface area contributed by atoms with Crippen LogP contribution in [-0.4, -0.2) is 10.8 Å². The molecule has 2 rings (SSSR count). The Morgan fingerprint density at radius 3 is 2.47 bits per heavy atom. The Morgan fingerprint density at radius 1 is 1.26 bits per heavy atom. The number of nitrogens with two attached hydrogens (primary N) is 1. The monoisotopic (exact) mass is 256 g/mol. The Balaban J connectivity index is 2.32. The lowest BCUT2D eigenvalue weighted by atomic mass is 9.89. The molecule has 3 nitrogen and oxygen atoms in total. The van der Waals surface area contributed by atoms with Crippen LogP contribution in [0.25, 0.3) is 0 Å². The normalized spacial score (nSPS) is 19.4. The van der Waals surface area contributed by atoms with Crippen LogP contribution in [0.1, 0.15) is 26.3 Å². The van der Waals surface area contributed by atoms with Gasteiger partial charge >= 0.3 is 0 Å². The largest absolute Gasteiger partial charge is 0.366 e. The Hall–Kier alpha value is -2.03. The van der Waals surface area contributed by atoms with Gasteiger partial charge in [-0.1, -0.05) is 37.3 Å². The number of primary amides is 1. The average Bonchev–Trinajstić information content (AvgIpc) is 2.37. The molecule has 1 atom stereocenters. The highest BCUT2D eigenvalue weighted by molar-refractivity contribution is 5.94. The van der Waals surface area contributed by atoms with Crippen molar-refractivity contribution in [3.63, 3.8) is 0 Å². The van der Waals surface area contributed by atoms with Crippen molar-refractivity contribution in [1.82, 2.24) is 4.90 Å². The predicted molar refractivity (Wildman–Crippen MR) is 76.8 cm³/mol. The zero-order valence-electron chi connectivity index (χ0n) is 11.7. The molecule has 1 aromatic rings. The number of benzene rings is 1. The van der Waals surface area contributed by atoms with E-state index in [-0.39, 0.29) is 11.8 Å². The Kier molecular flexibility index (Phi) is 3.74. The molecule has 1 aliphatic rings. The van der Waals surface area contributed by atoms with Crippen LogP contribution in [0.3, 0.4) is 0 Å². The quantitative estimate of drug-likeness (QED) is 0.904. The van der Waals surface area contributed by atoms with Crippen molar-refractivity contribution in [3.05, 3.63) is 58.9 Å². The average molecular weight is 256 g/mol. The van der Waals surface area contributed by atoms with Gasteiger partial charge in [0.05, 0.1) is 0 Å². The maximum atomic E-state index is 11.6. The van der Waals surface area contributed by atoms with Gasteiger partial charge in [-0.15, -0.1) is 0 Å². The molecule has 2 N–H and O–H groups in total. The van der Waals surface area contributed by atoms with Crippen molar-refractivity contribution in [2.45, 2.75) is 27.3 Å². The second kappa shape index (κ2) is 5.31. The fourth-order valence-corrected chi connectivity index (χ4v) is 2.49. The maximum Gasteiger partial charge on any atom is 0.246 e. The molecule has 0 aromatic heterocycles. The highest BCUT2D eigenvalue weighted by Crippen LogP contribution is 2.31. The van der Waals surface area contributed by atoms with Gasteiger partial charge in [0.25, 0.3) is 0 Å². The summed E-state index contributed by atoms with van der Waals surface area (Å²) >= 11 is 0. The third kappa shape index (κ3) is 2.70. The molecule has 1 aliphatic heterocycles. The minimum atomic E-state index is -0.324. The number of hydrogen-bond acceptors (Lipinski definition) is 2. The fraction of sp³-hybridized carbons (Fsp3) is 0.312. The molecule has 19 heavy (non-hydrogen) atoms. The van der Waals surface area contributed by atoms with Gasteiger partial charge < -0.3 is 10.6 Å². The molecular weight excluding hydrogens is 236 g/mol. The molecule has 3 heteroatoms. The molecule has 100 valence electrons. The molecular formula is C16H20N2O. The number of hydrogen-bond donors (Lipinski definition) is 1. The van der Waals surface area contributed by atoms with Crippen LogP contribution in [0.5, 0.6) is 0 Å². The van der Waals surface area contributed by atoms with Gasteiger partial charge in [-0.05, 0) is 25.0 Å². The van der Waals surface area contributed by atoms with Crippen LogP contribution >= 0.6 is 0 Å². The Bertz CT molecular complexity index is 543. The SMILES string of the molecule is CC1=CN(Cc2ccccc2)C(C)=C(C(N)=O)C1C. The summed E-state index contributed by atoms with van der Waals surface area (Å²) in [5.74, 6) is -0.222. The summed E-state index contributed by atoms with van der Waals surface area (Å²) in [5, 5.41) is 0. The first-order valence-corrected chi connectivity index (χ1v) is 6.50. The molecule has 0 radical (unpaired) electrons. The number of allylic oxidation sites excluding steroid dienone is 2. The second-order valence-electron chi connectivity index (χ2n) is 5.07. The third-order valence-electron chi connectivity index (χ3n) is 3.76. The van der Waals surface area contributed by atoms with E-state index in [4.69, 9.17) is 5.73 Å². The number of carbonyl (C=O) groups is 1. The molecule has 1 aromatic carbocycles. The second-order valence-corrected chi connectivity index (χ2v) is 5.07. The molecule has 0 bridgehead atoms. The minimum absolute atomic E-state index is 0.101. The first kappa shape index (κ1) is 13.4. The van der Waals surface area contributed by atoms with Crippen LogP contribution < -0.4 is 5.73 Å². The van der Waals surface area contributed by atoms with Gasteiger partial charge in [-0.2, -0.15) is 0 Å².